The van der Waals surface area contributed by atoms with E-state index in [1.54, 1.807) is 61.5 Å². The molecular weight excluding hydrogens is 577 g/mol. The summed E-state index contributed by atoms with van der Waals surface area (Å²) in [5.74, 6) is -0.337. The van der Waals surface area contributed by atoms with Gasteiger partial charge in [0.2, 0.25) is 9.84 Å². The Morgan fingerprint density at radius 2 is 1.24 bits per heavy atom. The summed E-state index contributed by atoms with van der Waals surface area (Å²) in [5.41, 5.74) is 0.360. The molecule has 0 heterocycles. The second-order valence-electron chi connectivity index (χ2n) is 8.30. The van der Waals surface area contributed by atoms with Crippen LogP contribution in [-0.2, 0) is 29.7 Å². The highest BCUT2D eigenvalue weighted by atomic mass is 32.2. The first-order valence-electron chi connectivity index (χ1n) is 12.0. The summed E-state index contributed by atoms with van der Waals surface area (Å²) < 4.78 is 66.9. The van der Waals surface area contributed by atoms with E-state index < -0.39 is 47.2 Å². The maximum Gasteiger partial charge on any atom is 0.450 e. The van der Waals surface area contributed by atoms with E-state index >= 15 is 0 Å². The number of amides is 1. The Hall–Kier alpha value is -4.06. The first kappa shape index (κ1) is 33.1. The molecule has 0 aliphatic rings. The van der Waals surface area contributed by atoms with E-state index in [0.717, 1.165) is 0 Å². The van der Waals surface area contributed by atoms with E-state index in [4.69, 9.17) is 23.3 Å². The summed E-state index contributed by atoms with van der Waals surface area (Å²) in [6.07, 6.45) is -0.878. The van der Waals surface area contributed by atoms with Crippen LogP contribution in [0.1, 0.15) is 12.5 Å². The van der Waals surface area contributed by atoms with Crippen LogP contribution in [0.3, 0.4) is 0 Å². The van der Waals surface area contributed by atoms with E-state index in [1.807, 2.05) is 0 Å². The van der Waals surface area contributed by atoms with E-state index in [9.17, 15) is 22.6 Å². The van der Waals surface area contributed by atoms with E-state index in [2.05, 4.69) is 0 Å². The average molecular weight is 610 g/mol. The van der Waals surface area contributed by atoms with Crippen LogP contribution in [0.5, 0.6) is 23.0 Å². The summed E-state index contributed by atoms with van der Waals surface area (Å²) in [5, 5.41) is -1.43. The lowest BCUT2D eigenvalue weighted by molar-refractivity contribution is -0.143. The van der Waals surface area contributed by atoms with Gasteiger partial charge < -0.3 is 33.6 Å². The van der Waals surface area contributed by atoms with Gasteiger partial charge in [0.1, 0.15) is 35.8 Å². The minimum absolute atomic E-state index is 0. The monoisotopic (exact) mass is 609 g/mol. The van der Waals surface area contributed by atoms with Crippen molar-refractivity contribution in [1.29, 1.82) is 0 Å². The lowest BCUT2D eigenvalue weighted by atomic mass is 10.2. The molecule has 0 aliphatic heterocycles. The Morgan fingerprint density at radius 1 is 0.780 bits per heavy atom. The van der Waals surface area contributed by atoms with Gasteiger partial charge in [-0.1, -0.05) is 30.3 Å². The van der Waals surface area contributed by atoms with E-state index in [0.29, 0.717) is 22.0 Å². The molecular formula is C27H32NO11PS. The molecule has 3 aromatic carbocycles. The molecule has 0 fully saturated rings. The highest BCUT2D eigenvalue weighted by Crippen LogP contribution is 2.49. The Bertz CT molecular complexity index is 1380. The van der Waals surface area contributed by atoms with Gasteiger partial charge in [0.15, 0.2) is 0 Å². The molecule has 3 rings (SSSR count). The maximum atomic E-state index is 14.2. The van der Waals surface area contributed by atoms with Crippen molar-refractivity contribution < 1.29 is 51.3 Å². The second-order valence-corrected chi connectivity index (χ2v) is 12.0. The summed E-state index contributed by atoms with van der Waals surface area (Å²) in [7, 11) is -5.94. The molecule has 0 aromatic heterocycles. The molecule has 222 valence electrons. The van der Waals surface area contributed by atoms with Gasteiger partial charge in [0, 0.05) is 0 Å². The molecule has 0 aliphatic carbocycles. The summed E-state index contributed by atoms with van der Waals surface area (Å²) in [6, 6.07) is 20.1. The molecule has 3 aromatic rings. The first-order chi connectivity index (χ1) is 19.1. The van der Waals surface area contributed by atoms with Crippen LogP contribution in [-0.4, -0.2) is 63.7 Å². The van der Waals surface area contributed by atoms with Crippen LogP contribution in [0.15, 0.2) is 78.9 Å². The summed E-state index contributed by atoms with van der Waals surface area (Å²) in [4.78, 5) is 26.3. The lowest BCUT2D eigenvalue weighted by Gasteiger charge is -2.27. The molecule has 12 nitrogen and oxygen atoms in total. The second kappa shape index (κ2) is 15.1. The van der Waals surface area contributed by atoms with Crippen LogP contribution in [0.4, 0.5) is 4.79 Å². The van der Waals surface area contributed by atoms with Gasteiger partial charge in [-0.15, -0.1) is 0 Å². The Kier molecular flexibility index (Phi) is 12.2. The summed E-state index contributed by atoms with van der Waals surface area (Å²) in [6.45, 7) is 0.739. The molecule has 0 unspecified atom stereocenters. The highest BCUT2D eigenvalue weighted by molar-refractivity contribution is 8.05. The fourth-order valence-electron chi connectivity index (χ4n) is 3.47. The normalized spacial score (nSPS) is 11.0. The number of esters is 1. The SMILES string of the molecule is CCOC(=O)CN(CP(=O)(Oc1ccc(OC)cc1)Oc1ccc(OC)cc1)C(=O)S(=O)(=O)Cc1ccccc1.O. The van der Waals surface area contributed by atoms with Crippen LogP contribution < -0.4 is 18.5 Å². The predicted molar refractivity (Wildman–Crippen MR) is 151 cm³/mol. The van der Waals surface area contributed by atoms with Gasteiger partial charge >= 0.3 is 18.8 Å². The zero-order valence-electron chi connectivity index (χ0n) is 22.7. The molecule has 0 saturated carbocycles. The molecule has 0 bridgehead atoms. The van der Waals surface area contributed by atoms with Gasteiger partial charge in [0.25, 0.3) is 0 Å². The van der Waals surface area contributed by atoms with E-state index in [1.165, 1.54) is 38.5 Å². The van der Waals surface area contributed by atoms with E-state index in [-0.39, 0.29) is 23.6 Å². The molecule has 2 N–H and O–H groups in total. The Labute approximate surface area is 238 Å². The molecule has 0 saturated heterocycles. The van der Waals surface area contributed by atoms with Gasteiger partial charge in [0.05, 0.1) is 26.6 Å². The average Bonchev–Trinajstić information content (AvgIpc) is 2.93. The number of rotatable bonds is 13. The molecule has 0 atom stereocenters. The zero-order valence-corrected chi connectivity index (χ0v) is 24.4. The quantitative estimate of drug-likeness (QED) is 0.203. The third kappa shape index (κ3) is 9.82. The molecule has 1 amide bonds. The number of benzene rings is 3. The van der Waals surface area contributed by atoms with Gasteiger partial charge in [-0.3, -0.25) is 9.59 Å². The third-order valence-corrected chi connectivity index (χ3v) is 8.47. The number of sulfone groups is 1. The van der Waals surface area contributed by atoms with Crippen LogP contribution >= 0.6 is 7.60 Å². The van der Waals surface area contributed by atoms with Crippen LogP contribution in [0.25, 0.3) is 0 Å². The number of hydrogen-bond donors (Lipinski definition) is 0. The van der Waals surface area contributed by atoms with Crippen molar-refractivity contribution in [3.63, 3.8) is 0 Å². The van der Waals surface area contributed by atoms with Crippen LogP contribution in [0.2, 0.25) is 0 Å². The summed E-state index contributed by atoms with van der Waals surface area (Å²) >= 11 is 0. The molecule has 0 radical (unpaired) electrons. The van der Waals surface area contributed by atoms with Gasteiger partial charge in [-0.05, 0) is 61.0 Å². The Morgan fingerprint density at radius 3 is 1.68 bits per heavy atom. The van der Waals surface area contributed by atoms with Crippen molar-refractivity contribution in [1.82, 2.24) is 4.90 Å². The number of nitrogens with zero attached hydrogens (tertiary/aromatic N) is 1. The van der Waals surface area contributed by atoms with Gasteiger partial charge in [-0.25, -0.2) is 13.0 Å². The molecule has 41 heavy (non-hydrogen) atoms. The van der Waals surface area contributed by atoms with Crippen molar-refractivity contribution in [3.8, 4) is 23.0 Å². The number of carbonyl (C=O) groups is 2. The molecule has 14 heteroatoms. The third-order valence-electron chi connectivity index (χ3n) is 5.30. The van der Waals surface area contributed by atoms with Crippen molar-refractivity contribution in [2.75, 3.05) is 33.7 Å². The fourth-order valence-corrected chi connectivity index (χ4v) is 6.52. The largest absolute Gasteiger partial charge is 0.497 e. The lowest BCUT2D eigenvalue weighted by Crippen LogP contribution is -2.41. The zero-order chi connectivity index (χ0) is 29.2. The number of methoxy groups -OCH3 is 2. The topological polar surface area (TPSA) is 166 Å². The smallest absolute Gasteiger partial charge is 0.450 e. The van der Waals surface area contributed by atoms with Crippen molar-refractivity contribution in [3.05, 3.63) is 84.4 Å². The first-order valence-corrected chi connectivity index (χ1v) is 15.4. The number of ether oxygens (including phenoxy) is 3. The number of hydrogen-bond acceptors (Lipinski definition) is 10. The highest BCUT2D eigenvalue weighted by Gasteiger charge is 2.39. The standard InChI is InChI=1S/C27H30NO10PS.H2O/c1-4-36-26(29)18-28(27(30)40(32,33)19-21-8-6-5-7-9-21)20-39(31,37-24-14-10-22(34-2)11-15-24)38-25-16-12-23(35-3)13-17-25;/h5-17H,4,18-20H2,1-3H3;1H2. The van der Waals surface area contributed by atoms with Crippen molar-refractivity contribution in [2.45, 2.75) is 12.7 Å². The van der Waals surface area contributed by atoms with Gasteiger partial charge in [-0.2, -0.15) is 0 Å². The molecule has 0 spiro atoms. The number of carbonyl (C=O) groups excluding carboxylic acids is 2. The minimum Gasteiger partial charge on any atom is -0.497 e. The Balaban J connectivity index is 0.00000588. The van der Waals surface area contributed by atoms with Crippen LogP contribution in [0, 0.1) is 0 Å². The van der Waals surface area contributed by atoms with Crippen molar-refractivity contribution >= 4 is 28.6 Å². The predicted octanol–water partition coefficient (Wildman–Crippen LogP) is 4.09. The minimum atomic E-state index is -4.50. The fraction of sp³-hybridized carbons (Fsp3) is 0.259. The maximum absolute atomic E-state index is 14.2. The van der Waals surface area contributed by atoms with Crippen molar-refractivity contribution in [2.24, 2.45) is 0 Å².